The zero-order valence-corrected chi connectivity index (χ0v) is 13.5. The summed E-state index contributed by atoms with van der Waals surface area (Å²) >= 11 is 0. The number of benzene rings is 1. The Hall–Kier alpha value is -2.20. The number of fused-ring (bicyclic) bond motifs is 1. The molecule has 0 radical (unpaired) electrons. The Balaban J connectivity index is 1.54. The number of nitrogens with one attached hydrogen (secondary N) is 1. The highest BCUT2D eigenvalue weighted by Gasteiger charge is 2.19. The van der Waals surface area contributed by atoms with Gasteiger partial charge in [0.15, 0.2) is 0 Å². The van der Waals surface area contributed by atoms with Crippen molar-refractivity contribution in [1.29, 1.82) is 0 Å². The van der Waals surface area contributed by atoms with E-state index in [1.807, 2.05) is 12.3 Å². The van der Waals surface area contributed by atoms with E-state index in [9.17, 15) is 0 Å². The van der Waals surface area contributed by atoms with Crippen molar-refractivity contribution >= 4 is 11.0 Å². The molecule has 4 rings (SSSR count). The zero-order valence-electron chi connectivity index (χ0n) is 13.5. The van der Waals surface area contributed by atoms with E-state index in [0.717, 1.165) is 41.4 Å². The van der Waals surface area contributed by atoms with E-state index in [-0.39, 0.29) is 0 Å². The number of aromatic amines is 1. The van der Waals surface area contributed by atoms with E-state index in [1.165, 1.54) is 24.9 Å². The molecular weight excluding hydrogens is 284 g/mol. The fraction of sp³-hybridized carbons (Fsp3) is 0.368. The van der Waals surface area contributed by atoms with Crippen LogP contribution in [0.1, 0.15) is 25.6 Å². The van der Waals surface area contributed by atoms with E-state index in [0.29, 0.717) is 0 Å². The van der Waals surface area contributed by atoms with Crippen LogP contribution < -0.4 is 0 Å². The predicted molar refractivity (Wildman–Crippen MR) is 93.3 cm³/mol. The van der Waals surface area contributed by atoms with Gasteiger partial charge >= 0.3 is 0 Å². The fourth-order valence-electron chi connectivity index (χ4n) is 3.47. The second-order valence-electron chi connectivity index (χ2n) is 6.43. The Labute approximate surface area is 136 Å². The smallest absolute Gasteiger partial charge is 0.108 e. The second-order valence-corrected chi connectivity index (χ2v) is 6.43. The third-order valence-electron chi connectivity index (χ3n) is 4.85. The number of imidazole rings is 1. The first-order valence-corrected chi connectivity index (χ1v) is 8.43. The Kier molecular flexibility index (Phi) is 3.83. The van der Waals surface area contributed by atoms with Crippen LogP contribution in [-0.4, -0.2) is 39.0 Å². The van der Waals surface area contributed by atoms with Gasteiger partial charge in [-0.3, -0.25) is 4.98 Å². The second kappa shape index (κ2) is 6.13. The number of H-pyrrole nitrogens is 1. The minimum absolute atomic E-state index is 0.719. The van der Waals surface area contributed by atoms with Crippen LogP contribution >= 0.6 is 0 Å². The van der Waals surface area contributed by atoms with Crippen LogP contribution in [0.5, 0.6) is 0 Å². The maximum absolute atomic E-state index is 4.74. The highest BCUT2D eigenvalue weighted by molar-refractivity contribution is 5.81. The van der Waals surface area contributed by atoms with Gasteiger partial charge in [-0.2, -0.15) is 0 Å². The van der Waals surface area contributed by atoms with Crippen LogP contribution in [0.25, 0.3) is 22.2 Å². The fourth-order valence-corrected chi connectivity index (χ4v) is 3.47. The third kappa shape index (κ3) is 2.99. The van der Waals surface area contributed by atoms with Gasteiger partial charge in [0.05, 0.1) is 11.0 Å². The molecule has 1 aliphatic heterocycles. The number of rotatable bonds is 4. The monoisotopic (exact) mass is 306 g/mol. The van der Waals surface area contributed by atoms with Crippen molar-refractivity contribution in [1.82, 2.24) is 19.9 Å². The number of likely N-dealkylation sites (tertiary alicyclic amines) is 1. The Morgan fingerprint density at radius 3 is 3.00 bits per heavy atom. The first kappa shape index (κ1) is 14.4. The van der Waals surface area contributed by atoms with Crippen LogP contribution in [-0.2, 0) is 6.42 Å². The minimum atomic E-state index is 0.719. The van der Waals surface area contributed by atoms with Crippen molar-refractivity contribution in [2.24, 2.45) is 0 Å². The molecule has 1 aliphatic rings. The molecule has 0 bridgehead atoms. The number of pyridine rings is 1. The first-order chi connectivity index (χ1) is 11.3. The summed E-state index contributed by atoms with van der Waals surface area (Å²) in [6.45, 7) is 4.65. The van der Waals surface area contributed by atoms with E-state index in [2.05, 4.69) is 46.1 Å². The maximum Gasteiger partial charge on any atom is 0.108 e. The molecule has 1 N–H and O–H groups in total. The lowest BCUT2D eigenvalue weighted by Crippen LogP contribution is -2.29. The van der Waals surface area contributed by atoms with Gasteiger partial charge in [0.2, 0.25) is 0 Å². The van der Waals surface area contributed by atoms with Gasteiger partial charge in [-0.1, -0.05) is 12.1 Å². The van der Waals surface area contributed by atoms with Gasteiger partial charge in [-0.25, -0.2) is 4.98 Å². The molecule has 0 unspecified atom stereocenters. The number of aromatic nitrogens is 3. The maximum atomic E-state index is 4.74. The summed E-state index contributed by atoms with van der Waals surface area (Å²) < 4.78 is 0. The van der Waals surface area contributed by atoms with Crippen molar-refractivity contribution in [2.45, 2.75) is 32.2 Å². The molecule has 118 valence electrons. The molecule has 2 aromatic heterocycles. The SMILES string of the molecule is C[C@@H]1CCCN1CCc1nc2ccc(-c3cccnc3)cc2[nH]1. The highest BCUT2D eigenvalue weighted by Crippen LogP contribution is 2.23. The summed E-state index contributed by atoms with van der Waals surface area (Å²) in [5.41, 5.74) is 4.46. The van der Waals surface area contributed by atoms with Crippen LogP contribution in [0.15, 0.2) is 42.7 Å². The van der Waals surface area contributed by atoms with Gasteiger partial charge in [-0.15, -0.1) is 0 Å². The molecule has 23 heavy (non-hydrogen) atoms. The van der Waals surface area contributed by atoms with Gasteiger partial charge in [0.1, 0.15) is 5.82 Å². The molecule has 0 aliphatic carbocycles. The van der Waals surface area contributed by atoms with Gasteiger partial charge < -0.3 is 9.88 Å². The molecule has 1 aromatic carbocycles. The average Bonchev–Trinajstić information content (AvgIpc) is 3.18. The summed E-state index contributed by atoms with van der Waals surface area (Å²) in [5, 5.41) is 0. The first-order valence-electron chi connectivity index (χ1n) is 8.43. The van der Waals surface area contributed by atoms with E-state index >= 15 is 0 Å². The molecule has 4 nitrogen and oxygen atoms in total. The topological polar surface area (TPSA) is 44.8 Å². The van der Waals surface area contributed by atoms with Crippen LogP contribution in [0.2, 0.25) is 0 Å². The molecule has 3 aromatic rings. The summed E-state index contributed by atoms with van der Waals surface area (Å²) in [7, 11) is 0. The lowest BCUT2D eigenvalue weighted by Gasteiger charge is -2.19. The van der Waals surface area contributed by atoms with Crippen molar-refractivity contribution < 1.29 is 0 Å². The van der Waals surface area contributed by atoms with Crippen molar-refractivity contribution in [2.75, 3.05) is 13.1 Å². The van der Waals surface area contributed by atoms with Crippen LogP contribution in [0.4, 0.5) is 0 Å². The van der Waals surface area contributed by atoms with Crippen molar-refractivity contribution in [3.8, 4) is 11.1 Å². The lowest BCUT2D eigenvalue weighted by molar-refractivity contribution is 0.271. The molecule has 0 saturated carbocycles. The quantitative estimate of drug-likeness (QED) is 0.800. The zero-order chi connectivity index (χ0) is 15.6. The Bertz CT molecular complexity index is 793. The van der Waals surface area contributed by atoms with E-state index < -0.39 is 0 Å². The van der Waals surface area contributed by atoms with Crippen LogP contribution in [0.3, 0.4) is 0 Å². The van der Waals surface area contributed by atoms with E-state index in [1.54, 1.807) is 6.20 Å². The summed E-state index contributed by atoms with van der Waals surface area (Å²) in [5.74, 6) is 1.09. The van der Waals surface area contributed by atoms with Gasteiger partial charge in [0, 0.05) is 37.0 Å². The minimum Gasteiger partial charge on any atom is -0.342 e. The number of nitrogens with zero attached hydrogens (tertiary/aromatic N) is 3. The molecule has 0 spiro atoms. The molecule has 4 heteroatoms. The summed E-state index contributed by atoms with van der Waals surface area (Å²) in [4.78, 5) is 15.0. The number of hydrogen-bond acceptors (Lipinski definition) is 3. The summed E-state index contributed by atoms with van der Waals surface area (Å²) in [6, 6.07) is 11.1. The van der Waals surface area contributed by atoms with Crippen molar-refractivity contribution in [3.63, 3.8) is 0 Å². The molecule has 3 heterocycles. The molecule has 0 amide bonds. The van der Waals surface area contributed by atoms with Crippen LogP contribution in [0, 0.1) is 0 Å². The highest BCUT2D eigenvalue weighted by atomic mass is 15.2. The molecule has 1 atom stereocenters. The van der Waals surface area contributed by atoms with Gasteiger partial charge in [0.25, 0.3) is 0 Å². The third-order valence-corrected chi connectivity index (χ3v) is 4.85. The average molecular weight is 306 g/mol. The predicted octanol–water partition coefficient (Wildman–Crippen LogP) is 3.65. The molecule has 1 fully saturated rings. The van der Waals surface area contributed by atoms with Gasteiger partial charge in [-0.05, 0) is 50.1 Å². The largest absolute Gasteiger partial charge is 0.342 e. The Morgan fingerprint density at radius 1 is 1.26 bits per heavy atom. The van der Waals surface area contributed by atoms with Crippen molar-refractivity contribution in [3.05, 3.63) is 48.5 Å². The van der Waals surface area contributed by atoms with E-state index in [4.69, 9.17) is 4.98 Å². The molecular formula is C19H22N4. The normalized spacial score (nSPS) is 18.7. The Morgan fingerprint density at radius 2 is 2.22 bits per heavy atom. The molecule has 1 saturated heterocycles. The summed E-state index contributed by atoms with van der Waals surface area (Å²) in [6.07, 6.45) is 7.34. The number of hydrogen-bond donors (Lipinski definition) is 1. The standard InChI is InChI=1S/C19H22N4/c1-14-4-3-10-23(14)11-8-19-21-17-7-6-15(12-18(17)22-19)16-5-2-9-20-13-16/h2,5-7,9,12-14H,3-4,8,10-11H2,1H3,(H,21,22)/t14-/m1/s1. The lowest BCUT2D eigenvalue weighted by atomic mass is 10.1.